The fourth-order valence-electron chi connectivity index (χ4n) is 5.51. The van der Waals surface area contributed by atoms with Crippen LogP contribution in [0.4, 0.5) is 23.8 Å². The van der Waals surface area contributed by atoms with Crippen LogP contribution in [0.3, 0.4) is 0 Å². The molecule has 3 aromatic rings. The second-order valence-corrected chi connectivity index (χ2v) is 14.5. The van der Waals surface area contributed by atoms with E-state index < -0.39 is 45.3 Å². The zero-order valence-corrected chi connectivity index (χ0v) is 25.5. The first-order valence-electron chi connectivity index (χ1n) is 13.6. The number of rotatable bonds is 3. The van der Waals surface area contributed by atoms with Crippen molar-refractivity contribution in [3.05, 3.63) is 52.6 Å². The first-order valence-corrected chi connectivity index (χ1v) is 16.0. The van der Waals surface area contributed by atoms with Crippen LogP contribution in [-0.4, -0.2) is 68.2 Å². The third-order valence-corrected chi connectivity index (χ3v) is 9.67. The standard InChI is InChI=1S/C28H33ClF3N5O4S/c1-16-12-35(13-17(2)37(16)26(39)41-27(3,4)5)24-20-10-18(28(30,31)32)11-21-23(20)36(25(38)34-24)14-19(15-42(21)29)40-22-8-6-7-9-33-22/h6-11,16-17,19,42H,12-15H2,1-5H3/t16-,17+,19-/m0/s1. The van der Waals surface area contributed by atoms with E-state index in [-0.39, 0.29) is 53.6 Å². The summed E-state index contributed by atoms with van der Waals surface area (Å²) in [6.07, 6.45) is -4.18. The summed E-state index contributed by atoms with van der Waals surface area (Å²) in [5, 5.41) is 0.177. The molecule has 1 saturated heterocycles. The second kappa shape index (κ2) is 11.1. The second-order valence-electron chi connectivity index (χ2n) is 11.7. The Hall–Kier alpha value is -3.19. The summed E-state index contributed by atoms with van der Waals surface area (Å²) in [5.74, 6) is 0.665. The summed E-state index contributed by atoms with van der Waals surface area (Å²) < 4.78 is 55.5. The minimum atomic E-state index is -4.65. The van der Waals surface area contributed by atoms with Crippen molar-refractivity contribution < 1.29 is 27.4 Å². The largest absolute Gasteiger partial charge is 0.472 e. The highest BCUT2D eigenvalue weighted by atomic mass is 35.7. The molecule has 2 aliphatic heterocycles. The number of carbonyl (C=O) groups is 1. The van der Waals surface area contributed by atoms with Crippen LogP contribution in [0.5, 0.6) is 5.88 Å². The van der Waals surface area contributed by atoms with Gasteiger partial charge in [-0.05, 0) is 52.8 Å². The van der Waals surface area contributed by atoms with Crippen LogP contribution in [0.25, 0.3) is 10.9 Å². The van der Waals surface area contributed by atoms with Gasteiger partial charge in [-0.2, -0.15) is 18.2 Å². The molecule has 1 unspecified atom stereocenters. The van der Waals surface area contributed by atoms with Crippen LogP contribution in [0, 0.1) is 0 Å². The number of alkyl halides is 3. The van der Waals surface area contributed by atoms with Crippen LogP contribution in [-0.2, 0) is 17.5 Å². The first kappa shape index (κ1) is 30.3. The average molecular weight is 628 g/mol. The summed E-state index contributed by atoms with van der Waals surface area (Å²) in [4.78, 5) is 38.6. The maximum absolute atomic E-state index is 14.2. The maximum atomic E-state index is 14.2. The van der Waals surface area contributed by atoms with Crippen molar-refractivity contribution in [3.63, 3.8) is 0 Å². The number of piperazine rings is 1. The SMILES string of the molecule is C[C@@H]1CN(c2nc(=O)n3c4c(cc(C(F)(F)F)cc24)[SH](Cl)C[C@@H](Oc2ccccn2)C3)C[C@H](C)N1C(=O)OC(C)(C)C. The molecule has 0 bridgehead atoms. The minimum Gasteiger partial charge on any atom is -0.472 e. The predicted molar refractivity (Wildman–Crippen MR) is 157 cm³/mol. The van der Waals surface area contributed by atoms with Gasteiger partial charge in [-0.15, -0.1) is 10.1 Å². The van der Waals surface area contributed by atoms with E-state index in [4.69, 9.17) is 20.2 Å². The highest BCUT2D eigenvalue weighted by molar-refractivity contribution is 8.36. The van der Waals surface area contributed by atoms with E-state index in [9.17, 15) is 22.8 Å². The Morgan fingerprint density at radius 2 is 1.79 bits per heavy atom. The number of anilines is 1. The molecule has 1 fully saturated rings. The highest BCUT2D eigenvalue weighted by Gasteiger charge is 2.39. The lowest BCUT2D eigenvalue weighted by atomic mass is 10.1. The molecule has 228 valence electrons. The summed E-state index contributed by atoms with van der Waals surface area (Å²) in [6.45, 7) is 9.51. The molecule has 0 N–H and O–H groups in total. The molecule has 42 heavy (non-hydrogen) atoms. The van der Waals surface area contributed by atoms with E-state index in [1.165, 1.54) is 4.57 Å². The Morgan fingerprint density at radius 1 is 1.10 bits per heavy atom. The summed E-state index contributed by atoms with van der Waals surface area (Å²) in [5.41, 5.74) is -1.86. The van der Waals surface area contributed by atoms with Gasteiger partial charge >= 0.3 is 18.0 Å². The van der Waals surface area contributed by atoms with Crippen LogP contribution in [0.15, 0.2) is 46.2 Å². The smallest absolute Gasteiger partial charge is 0.416 e. The van der Waals surface area contributed by atoms with Gasteiger partial charge in [0.2, 0.25) is 5.88 Å². The Kier molecular flexibility index (Phi) is 8.03. The molecular weight excluding hydrogens is 595 g/mol. The molecule has 4 heterocycles. The molecule has 2 aromatic heterocycles. The van der Waals surface area contributed by atoms with Gasteiger partial charge in [0, 0.05) is 41.4 Å². The number of hydrogen-bond donors (Lipinski definition) is 1. The van der Waals surface area contributed by atoms with E-state index >= 15 is 0 Å². The third-order valence-electron chi connectivity index (χ3n) is 7.12. The monoisotopic (exact) mass is 627 g/mol. The zero-order valence-electron chi connectivity index (χ0n) is 23.9. The summed E-state index contributed by atoms with van der Waals surface area (Å²) in [6, 6.07) is 6.47. The van der Waals surface area contributed by atoms with Crippen molar-refractivity contribution >= 4 is 43.6 Å². The Balaban J connectivity index is 1.59. The quantitative estimate of drug-likeness (QED) is 0.377. The summed E-state index contributed by atoms with van der Waals surface area (Å²) >= 11 is 0. The van der Waals surface area contributed by atoms with Gasteiger partial charge in [-0.25, -0.2) is 14.6 Å². The number of ether oxygens (including phenoxy) is 2. The van der Waals surface area contributed by atoms with Gasteiger partial charge in [0.25, 0.3) is 0 Å². The van der Waals surface area contributed by atoms with E-state index in [2.05, 4.69) is 9.97 Å². The fraction of sp³-hybridized carbons (Fsp3) is 0.500. The number of aromatic nitrogens is 3. The van der Waals surface area contributed by atoms with Crippen molar-refractivity contribution in [1.29, 1.82) is 0 Å². The van der Waals surface area contributed by atoms with E-state index in [0.29, 0.717) is 11.4 Å². The normalized spacial score (nSPS) is 23.9. The van der Waals surface area contributed by atoms with Crippen molar-refractivity contribution in [2.75, 3.05) is 23.7 Å². The zero-order chi connectivity index (χ0) is 30.6. The van der Waals surface area contributed by atoms with E-state index in [1.807, 2.05) is 13.8 Å². The van der Waals surface area contributed by atoms with Crippen molar-refractivity contribution in [1.82, 2.24) is 19.4 Å². The van der Waals surface area contributed by atoms with Crippen LogP contribution < -0.4 is 15.3 Å². The van der Waals surface area contributed by atoms with Crippen molar-refractivity contribution in [2.24, 2.45) is 0 Å². The number of benzene rings is 1. The van der Waals surface area contributed by atoms with Gasteiger partial charge in [0.05, 0.1) is 29.7 Å². The van der Waals surface area contributed by atoms with Crippen LogP contribution in [0.1, 0.15) is 40.2 Å². The third kappa shape index (κ3) is 6.12. The average Bonchev–Trinajstić information content (AvgIpc) is 3.01. The number of carbonyl (C=O) groups excluding carboxylic acids is 1. The minimum absolute atomic E-state index is 0.0440. The van der Waals surface area contributed by atoms with Crippen LogP contribution >= 0.6 is 20.8 Å². The lowest BCUT2D eigenvalue weighted by Crippen LogP contribution is -2.59. The highest BCUT2D eigenvalue weighted by Crippen LogP contribution is 2.50. The molecule has 1 aromatic carbocycles. The predicted octanol–water partition coefficient (Wildman–Crippen LogP) is 5.62. The molecule has 1 amide bonds. The van der Waals surface area contributed by atoms with Crippen molar-refractivity contribution in [2.45, 2.75) is 76.0 Å². The number of halogens is 4. The molecule has 9 nitrogen and oxygen atoms in total. The van der Waals surface area contributed by atoms with Gasteiger partial charge < -0.3 is 14.4 Å². The molecular formula is C28H33ClF3N5O4S. The summed E-state index contributed by atoms with van der Waals surface area (Å²) in [7, 11) is 5.17. The number of hydrogen-bond acceptors (Lipinski definition) is 7. The molecule has 14 heteroatoms. The lowest BCUT2D eigenvalue weighted by Gasteiger charge is -2.45. The van der Waals surface area contributed by atoms with Crippen molar-refractivity contribution in [3.8, 4) is 5.88 Å². The maximum Gasteiger partial charge on any atom is 0.416 e. The van der Waals surface area contributed by atoms with E-state index in [1.54, 1.807) is 55.0 Å². The van der Waals surface area contributed by atoms with Gasteiger partial charge in [0.1, 0.15) is 17.5 Å². The molecule has 0 radical (unpaired) electrons. The van der Waals surface area contributed by atoms with Crippen LogP contribution in [0.2, 0.25) is 0 Å². The number of thiol groups is 1. The fourth-order valence-corrected chi connectivity index (χ4v) is 7.85. The first-order chi connectivity index (χ1) is 19.6. The number of nitrogens with zero attached hydrogens (tertiary/aromatic N) is 5. The Labute approximate surface area is 248 Å². The Morgan fingerprint density at radius 3 is 2.38 bits per heavy atom. The molecule has 4 atom stereocenters. The lowest BCUT2D eigenvalue weighted by molar-refractivity contribution is -0.137. The molecule has 0 aliphatic carbocycles. The number of amides is 1. The number of pyridine rings is 1. The van der Waals surface area contributed by atoms with E-state index in [0.717, 1.165) is 12.1 Å². The molecule has 0 saturated carbocycles. The topological polar surface area (TPSA) is 89.8 Å². The van der Waals surface area contributed by atoms with Gasteiger partial charge in [0.15, 0.2) is 0 Å². The molecule has 5 rings (SSSR count). The Bertz CT molecular complexity index is 1540. The molecule has 2 aliphatic rings. The molecule has 0 spiro atoms. The van der Waals surface area contributed by atoms with Gasteiger partial charge in [-0.1, -0.05) is 16.7 Å². The van der Waals surface area contributed by atoms with Gasteiger partial charge in [-0.3, -0.25) is 9.47 Å².